The second-order valence-corrected chi connectivity index (χ2v) is 6.33. The number of carbonyl (C=O) groups excluding carboxylic acids is 2. The van der Waals surface area contributed by atoms with Gasteiger partial charge in [-0.15, -0.1) is 0 Å². The fourth-order valence-electron chi connectivity index (χ4n) is 2.59. The van der Waals surface area contributed by atoms with E-state index in [4.69, 9.17) is 32.7 Å². The molecule has 6 nitrogen and oxygen atoms in total. The second-order valence-electron chi connectivity index (χ2n) is 5.49. The monoisotopic (exact) mass is 386 g/mol. The number of likely N-dealkylation sites (N-methyl/N-ethyl adjacent to an activating group) is 1. The van der Waals surface area contributed by atoms with Gasteiger partial charge in [0, 0.05) is 44.9 Å². The van der Waals surface area contributed by atoms with E-state index in [1.165, 1.54) is 7.05 Å². The predicted octanol–water partition coefficient (Wildman–Crippen LogP) is 2.30. The van der Waals surface area contributed by atoms with Crippen LogP contribution >= 0.6 is 23.2 Å². The molecule has 0 radical (unpaired) electrons. The Hall–Kier alpha value is -1.60. The topological polar surface area (TPSA) is 59.1 Å². The maximum atomic E-state index is 12.7. The van der Waals surface area contributed by atoms with E-state index in [9.17, 15) is 9.59 Å². The molecule has 1 heterocycles. The molecule has 1 aromatic rings. The van der Waals surface area contributed by atoms with Crippen molar-refractivity contribution < 1.29 is 19.1 Å². The third-order valence-electron chi connectivity index (χ3n) is 3.91. The van der Waals surface area contributed by atoms with Gasteiger partial charge in [0.2, 0.25) is 0 Å². The minimum Gasteiger partial charge on any atom is -0.383 e. The molecule has 136 valence electrons. The summed E-state index contributed by atoms with van der Waals surface area (Å²) in [6, 6.07) is 4.83. The largest absolute Gasteiger partial charge is 0.383 e. The van der Waals surface area contributed by atoms with Crippen LogP contribution in [0.5, 0.6) is 0 Å². The van der Waals surface area contributed by atoms with E-state index in [1.807, 2.05) is 0 Å². The highest BCUT2D eigenvalue weighted by molar-refractivity contribution is 6.41. The van der Waals surface area contributed by atoms with Crippen molar-refractivity contribution in [2.45, 2.75) is 0 Å². The highest BCUT2D eigenvalue weighted by atomic mass is 35.5. The van der Waals surface area contributed by atoms with Crippen molar-refractivity contribution in [3.8, 4) is 0 Å². The van der Waals surface area contributed by atoms with Crippen LogP contribution < -0.4 is 0 Å². The molecule has 0 spiro atoms. The summed E-state index contributed by atoms with van der Waals surface area (Å²) in [7, 11) is 4.60. The Labute approximate surface area is 156 Å². The van der Waals surface area contributed by atoms with Gasteiger partial charge in [0.15, 0.2) is 0 Å². The first-order valence-corrected chi connectivity index (χ1v) is 8.42. The van der Waals surface area contributed by atoms with Crippen LogP contribution in [0, 0.1) is 0 Å². The molecule has 8 heteroatoms. The Kier molecular flexibility index (Phi) is 6.84. The summed E-state index contributed by atoms with van der Waals surface area (Å²) in [6.07, 6.45) is 0. The van der Waals surface area contributed by atoms with Crippen molar-refractivity contribution in [2.75, 3.05) is 47.6 Å². The Balaban J connectivity index is 2.57. The van der Waals surface area contributed by atoms with E-state index < -0.39 is 5.91 Å². The Morgan fingerprint density at radius 2 is 1.64 bits per heavy atom. The van der Waals surface area contributed by atoms with Gasteiger partial charge in [-0.05, 0) is 12.1 Å². The van der Waals surface area contributed by atoms with Crippen LogP contribution in [-0.2, 0) is 19.1 Å². The highest BCUT2D eigenvalue weighted by Crippen LogP contribution is 2.35. The van der Waals surface area contributed by atoms with Crippen LogP contribution in [0.1, 0.15) is 5.56 Å². The molecule has 0 unspecified atom stereocenters. The van der Waals surface area contributed by atoms with E-state index in [1.54, 1.807) is 37.3 Å². The predicted molar refractivity (Wildman–Crippen MR) is 96.5 cm³/mol. The number of rotatable bonds is 8. The van der Waals surface area contributed by atoms with Gasteiger partial charge in [0.25, 0.3) is 11.8 Å². The maximum Gasteiger partial charge on any atom is 0.277 e. The van der Waals surface area contributed by atoms with Crippen LogP contribution in [0.3, 0.4) is 0 Å². The Morgan fingerprint density at radius 3 is 2.16 bits per heavy atom. The van der Waals surface area contributed by atoms with Gasteiger partial charge in [0.1, 0.15) is 5.70 Å². The van der Waals surface area contributed by atoms with Crippen LogP contribution in [0.25, 0.3) is 5.57 Å². The lowest BCUT2D eigenvalue weighted by molar-refractivity contribution is -0.136. The normalized spacial score (nSPS) is 14.7. The second kappa shape index (κ2) is 8.67. The van der Waals surface area contributed by atoms with Crippen molar-refractivity contribution in [1.29, 1.82) is 0 Å². The lowest BCUT2D eigenvalue weighted by Crippen LogP contribution is -2.36. The summed E-state index contributed by atoms with van der Waals surface area (Å²) in [5.74, 6) is -0.776. The van der Waals surface area contributed by atoms with Crippen molar-refractivity contribution in [3.63, 3.8) is 0 Å². The number of ether oxygens (including phenoxy) is 2. The first-order valence-electron chi connectivity index (χ1n) is 7.67. The smallest absolute Gasteiger partial charge is 0.277 e. The summed E-state index contributed by atoms with van der Waals surface area (Å²) < 4.78 is 10.2. The lowest BCUT2D eigenvalue weighted by Gasteiger charge is -2.25. The molecule has 1 aliphatic heterocycles. The molecule has 1 aliphatic rings. The van der Waals surface area contributed by atoms with E-state index in [-0.39, 0.29) is 11.5 Å². The van der Waals surface area contributed by atoms with Crippen molar-refractivity contribution in [1.82, 2.24) is 9.80 Å². The third-order valence-corrected chi connectivity index (χ3v) is 4.46. The molecule has 0 atom stereocenters. The standard InChI is InChI=1S/C17H20Cl2N2O4/c1-20-16(22)14(12-5-4-11(18)10-13(12)19)15(17(20)23)21(6-8-24-2)7-9-25-3/h4-5,10H,6-9H2,1-3H3. The van der Waals surface area contributed by atoms with E-state index in [0.717, 1.165) is 4.90 Å². The van der Waals surface area contributed by atoms with Gasteiger partial charge in [-0.3, -0.25) is 14.5 Å². The first-order chi connectivity index (χ1) is 11.9. The van der Waals surface area contributed by atoms with E-state index in [2.05, 4.69) is 0 Å². The Bertz CT molecular complexity index is 698. The van der Waals surface area contributed by atoms with Crippen molar-refractivity contribution >= 4 is 40.6 Å². The fraction of sp³-hybridized carbons (Fsp3) is 0.412. The average molecular weight is 387 g/mol. The average Bonchev–Trinajstić information content (AvgIpc) is 2.80. The summed E-state index contributed by atoms with van der Waals surface area (Å²) in [4.78, 5) is 28.3. The molecule has 0 aliphatic carbocycles. The zero-order valence-corrected chi connectivity index (χ0v) is 15.9. The number of hydrogen-bond acceptors (Lipinski definition) is 5. The maximum absolute atomic E-state index is 12.7. The van der Waals surface area contributed by atoms with Gasteiger partial charge in [-0.25, -0.2) is 0 Å². The molecule has 0 fully saturated rings. The number of nitrogens with zero attached hydrogens (tertiary/aromatic N) is 2. The number of carbonyl (C=O) groups is 2. The molecular weight excluding hydrogens is 367 g/mol. The summed E-state index contributed by atoms with van der Waals surface area (Å²) in [6.45, 7) is 1.69. The van der Waals surface area contributed by atoms with Crippen LogP contribution in [-0.4, -0.2) is 69.2 Å². The van der Waals surface area contributed by atoms with E-state index >= 15 is 0 Å². The van der Waals surface area contributed by atoms with E-state index in [0.29, 0.717) is 47.6 Å². The molecule has 0 bridgehead atoms. The highest BCUT2D eigenvalue weighted by Gasteiger charge is 2.40. The fourth-order valence-corrected chi connectivity index (χ4v) is 3.10. The van der Waals surface area contributed by atoms with Crippen LogP contribution in [0.15, 0.2) is 23.9 Å². The SMILES string of the molecule is COCCN(CCOC)C1=C(c2ccc(Cl)cc2Cl)C(=O)N(C)C1=O. The van der Waals surface area contributed by atoms with Gasteiger partial charge in [-0.2, -0.15) is 0 Å². The van der Waals surface area contributed by atoms with Crippen LogP contribution in [0.4, 0.5) is 0 Å². The molecule has 25 heavy (non-hydrogen) atoms. The summed E-state index contributed by atoms with van der Waals surface area (Å²) in [5, 5.41) is 0.770. The number of halogens is 2. The van der Waals surface area contributed by atoms with Gasteiger partial charge >= 0.3 is 0 Å². The minimum atomic E-state index is -0.399. The quantitative estimate of drug-likeness (QED) is 0.641. The number of imide groups is 1. The zero-order chi connectivity index (χ0) is 18.6. The van der Waals surface area contributed by atoms with Crippen molar-refractivity contribution in [2.24, 2.45) is 0 Å². The first kappa shape index (κ1) is 19.7. The number of hydrogen-bond donors (Lipinski definition) is 0. The van der Waals surface area contributed by atoms with Crippen LogP contribution in [0.2, 0.25) is 10.0 Å². The number of benzene rings is 1. The molecule has 2 amide bonds. The molecule has 0 aromatic heterocycles. The molecule has 0 saturated carbocycles. The lowest BCUT2D eigenvalue weighted by atomic mass is 10.0. The van der Waals surface area contributed by atoms with Gasteiger partial charge in [0.05, 0.1) is 23.8 Å². The molecule has 1 aromatic carbocycles. The van der Waals surface area contributed by atoms with Gasteiger partial charge < -0.3 is 14.4 Å². The Morgan fingerprint density at radius 1 is 1.04 bits per heavy atom. The summed E-state index contributed by atoms with van der Waals surface area (Å²) in [5.41, 5.74) is 1.04. The minimum absolute atomic E-state index is 0.265. The molecule has 0 N–H and O–H groups in total. The molecular formula is C17H20Cl2N2O4. The number of amides is 2. The third kappa shape index (κ3) is 4.15. The van der Waals surface area contributed by atoms with Crippen molar-refractivity contribution in [3.05, 3.63) is 39.5 Å². The molecule has 2 rings (SSSR count). The zero-order valence-electron chi connectivity index (χ0n) is 14.3. The number of methoxy groups -OCH3 is 2. The summed E-state index contributed by atoms with van der Waals surface area (Å²) >= 11 is 12.2. The molecule has 0 saturated heterocycles. The van der Waals surface area contributed by atoms with Gasteiger partial charge in [-0.1, -0.05) is 29.3 Å².